The second-order valence-corrected chi connectivity index (χ2v) is 7.69. The lowest BCUT2D eigenvalue weighted by atomic mass is 9.96. The third-order valence-corrected chi connectivity index (χ3v) is 6.14. The Morgan fingerprint density at radius 1 is 0.864 bits per heavy atom. The largest absolute Gasteiger partial charge is 0.368 e. The van der Waals surface area contributed by atoms with Gasteiger partial charge in [-0.2, -0.15) is 0 Å². The maximum atomic E-state index is 11.6. The van der Waals surface area contributed by atoms with Gasteiger partial charge >= 0.3 is 0 Å². The molecule has 2 N–H and O–H groups in total. The molecule has 0 radical (unpaired) electrons. The highest BCUT2D eigenvalue weighted by atomic mass is 16.1. The topological polar surface area (TPSA) is 49.6 Å². The molecule has 4 heteroatoms. The molecule has 1 atom stereocenters. The number of amides is 1. The summed E-state index contributed by atoms with van der Waals surface area (Å²) in [5.41, 5.74) is 5.57. The fraction of sp³-hybridized carbons (Fsp3) is 0.944. The van der Waals surface area contributed by atoms with E-state index in [0.29, 0.717) is 6.04 Å². The first-order chi connectivity index (χ1) is 10.7. The molecule has 3 rings (SSSR count). The first-order valence-corrected chi connectivity index (χ1v) is 9.51. The van der Waals surface area contributed by atoms with Crippen LogP contribution in [0.3, 0.4) is 0 Å². The Hall–Kier alpha value is -0.610. The van der Waals surface area contributed by atoms with Crippen LogP contribution in [-0.4, -0.2) is 54.0 Å². The van der Waals surface area contributed by atoms with Crippen LogP contribution in [0.5, 0.6) is 0 Å². The summed E-state index contributed by atoms with van der Waals surface area (Å²) in [5, 5.41) is 0. The number of carbonyl (C=O) groups excluding carboxylic acids is 1. The van der Waals surface area contributed by atoms with Crippen LogP contribution < -0.4 is 5.73 Å². The fourth-order valence-electron chi connectivity index (χ4n) is 4.88. The van der Waals surface area contributed by atoms with Crippen molar-refractivity contribution in [2.45, 2.75) is 76.3 Å². The molecule has 0 aromatic heterocycles. The van der Waals surface area contributed by atoms with Crippen LogP contribution in [0.25, 0.3) is 0 Å². The van der Waals surface area contributed by atoms with Crippen molar-refractivity contribution in [2.24, 2.45) is 11.7 Å². The Balaban J connectivity index is 1.45. The number of primary amides is 1. The number of hydrogen-bond donors (Lipinski definition) is 1. The molecule has 2 saturated heterocycles. The van der Waals surface area contributed by atoms with Gasteiger partial charge in [-0.15, -0.1) is 0 Å². The summed E-state index contributed by atoms with van der Waals surface area (Å²) in [6.07, 6.45) is 13.2. The highest BCUT2D eigenvalue weighted by Gasteiger charge is 2.35. The van der Waals surface area contributed by atoms with E-state index in [2.05, 4.69) is 9.80 Å². The molecule has 3 fully saturated rings. The summed E-state index contributed by atoms with van der Waals surface area (Å²) in [7, 11) is 0. The van der Waals surface area contributed by atoms with Gasteiger partial charge in [-0.05, 0) is 64.1 Å². The second kappa shape index (κ2) is 7.78. The van der Waals surface area contributed by atoms with Gasteiger partial charge in [0.2, 0.25) is 5.91 Å². The molecular weight excluding hydrogens is 274 g/mol. The molecule has 0 spiro atoms. The van der Waals surface area contributed by atoms with E-state index in [1.54, 1.807) is 0 Å². The van der Waals surface area contributed by atoms with Gasteiger partial charge in [0.05, 0.1) is 6.04 Å². The second-order valence-electron chi connectivity index (χ2n) is 7.69. The van der Waals surface area contributed by atoms with Crippen LogP contribution in [0, 0.1) is 5.92 Å². The number of piperidine rings is 1. The molecular formula is C18H33N3O. The van der Waals surface area contributed by atoms with Gasteiger partial charge in [0.1, 0.15) is 0 Å². The van der Waals surface area contributed by atoms with E-state index >= 15 is 0 Å². The summed E-state index contributed by atoms with van der Waals surface area (Å²) in [6.45, 7) is 4.80. The Labute approximate surface area is 135 Å². The van der Waals surface area contributed by atoms with Gasteiger partial charge in [0, 0.05) is 12.6 Å². The number of nitrogens with zero attached hydrogens (tertiary/aromatic N) is 2. The van der Waals surface area contributed by atoms with E-state index in [9.17, 15) is 4.79 Å². The van der Waals surface area contributed by atoms with Gasteiger partial charge in [-0.25, -0.2) is 0 Å². The highest BCUT2D eigenvalue weighted by molar-refractivity contribution is 5.80. The highest BCUT2D eigenvalue weighted by Crippen LogP contribution is 2.28. The van der Waals surface area contributed by atoms with Crippen molar-refractivity contribution >= 4 is 5.91 Å². The zero-order valence-electron chi connectivity index (χ0n) is 14.0. The maximum absolute atomic E-state index is 11.6. The lowest BCUT2D eigenvalue weighted by Gasteiger charge is -2.39. The van der Waals surface area contributed by atoms with Crippen molar-refractivity contribution < 1.29 is 4.79 Å². The summed E-state index contributed by atoms with van der Waals surface area (Å²) < 4.78 is 0. The molecule has 3 aliphatic rings. The zero-order chi connectivity index (χ0) is 15.4. The Morgan fingerprint density at radius 3 is 2.18 bits per heavy atom. The Morgan fingerprint density at radius 2 is 1.55 bits per heavy atom. The number of nitrogens with two attached hydrogens (primary N) is 1. The van der Waals surface area contributed by atoms with Crippen molar-refractivity contribution in [3.8, 4) is 0 Å². The molecule has 1 saturated carbocycles. The Bertz CT molecular complexity index is 357. The van der Waals surface area contributed by atoms with Crippen LogP contribution in [0.2, 0.25) is 0 Å². The minimum atomic E-state index is -0.113. The predicted octanol–water partition coefficient (Wildman–Crippen LogP) is 2.37. The summed E-state index contributed by atoms with van der Waals surface area (Å²) in [6, 6.07) is 0.601. The van der Waals surface area contributed by atoms with Crippen LogP contribution in [-0.2, 0) is 4.79 Å². The van der Waals surface area contributed by atoms with Crippen molar-refractivity contribution in [1.29, 1.82) is 0 Å². The Kier molecular flexibility index (Phi) is 5.75. The summed E-state index contributed by atoms with van der Waals surface area (Å²) in [4.78, 5) is 16.7. The van der Waals surface area contributed by atoms with E-state index in [1.807, 2.05) is 0 Å². The zero-order valence-corrected chi connectivity index (χ0v) is 14.0. The average Bonchev–Trinajstić information content (AvgIpc) is 2.88. The van der Waals surface area contributed by atoms with E-state index in [4.69, 9.17) is 5.73 Å². The van der Waals surface area contributed by atoms with Gasteiger partial charge in [-0.3, -0.25) is 9.69 Å². The maximum Gasteiger partial charge on any atom is 0.234 e. The molecule has 1 aliphatic carbocycles. The molecule has 0 unspecified atom stereocenters. The van der Waals surface area contributed by atoms with Crippen molar-refractivity contribution in [3.05, 3.63) is 0 Å². The van der Waals surface area contributed by atoms with Crippen LogP contribution in [0.15, 0.2) is 0 Å². The van der Waals surface area contributed by atoms with E-state index in [0.717, 1.165) is 25.3 Å². The lowest BCUT2D eigenvalue weighted by Crippen LogP contribution is -2.50. The predicted molar refractivity (Wildman–Crippen MR) is 89.6 cm³/mol. The molecule has 2 heterocycles. The molecule has 22 heavy (non-hydrogen) atoms. The standard InChI is InChI=1S/C18H33N3O/c19-18(22)17-8-5-11-21(17)16-9-12-20(13-10-16)14-15-6-3-1-2-4-7-15/h15-17H,1-14H2,(H2,19,22)/t17-/m0/s1. The van der Waals surface area contributed by atoms with Crippen LogP contribution in [0.1, 0.15) is 64.2 Å². The molecule has 0 aromatic rings. The summed E-state index contributed by atoms with van der Waals surface area (Å²) >= 11 is 0. The normalized spacial score (nSPS) is 30.5. The number of rotatable bonds is 4. The molecule has 1 amide bonds. The SMILES string of the molecule is NC(=O)[C@@H]1CCCN1C1CCN(CC2CCCCCC2)CC1. The summed E-state index contributed by atoms with van der Waals surface area (Å²) in [5.74, 6) is 0.822. The smallest absolute Gasteiger partial charge is 0.234 e. The molecule has 0 aromatic carbocycles. The number of likely N-dealkylation sites (tertiary alicyclic amines) is 2. The van der Waals surface area contributed by atoms with Gasteiger partial charge in [0.15, 0.2) is 0 Å². The third-order valence-electron chi connectivity index (χ3n) is 6.14. The van der Waals surface area contributed by atoms with Gasteiger partial charge in [-0.1, -0.05) is 25.7 Å². The number of carbonyl (C=O) groups is 1. The van der Waals surface area contributed by atoms with Gasteiger partial charge < -0.3 is 10.6 Å². The van der Waals surface area contributed by atoms with Crippen LogP contribution >= 0.6 is 0 Å². The number of hydrogen-bond acceptors (Lipinski definition) is 3. The minimum absolute atomic E-state index is 0.0124. The van der Waals surface area contributed by atoms with E-state index < -0.39 is 0 Å². The fourth-order valence-corrected chi connectivity index (χ4v) is 4.88. The van der Waals surface area contributed by atoms with Gasteiger partial charge in [0.25, 0.3) is 0 Å². The van der Waals surface area contributed by atoms with E-state index in [-0.39, 0.29) is 11.9 Å². The van der Waals surface area contributed by atoms with Crippen LogP contribution in [0.4, 0.5) is 0 Å². The lowest BCUT2D eigenvalue weighted by molar-refractivity contribution is -0.123. The first-order valence-electron chi connectivity index (χ1n) is 9.51. The minimum Gasteiger partial charge on any atom is -0.368 e. The van der Waals surface area contributed by atoms with Crippen molar-refractivity contribution in [3.63, 3.8) is 0 Å². The average molecular weight is 307 g/mol. The molecule has 4 nitrogen and oxygen atoms in total. The first kappa shape index (κ1) is 16.3. The van der Waals surface area contributed by atoms with E-state index in [1.165, 1.54) is 71.0 Å². The molecule has 0 bridgehead atoms. The van der Waals surface area contributed by atoms with Crippen molar-refractivity contribution in [2.75, 3.05) is 26.2 Å². The molecule has 126 valence electrons. The third kappa shape index (κ3) is 4.02. The molecule has 2 aliphatic heterocycles. The monoisotopic (exact) mass is 307 g/mol. The van der Waals surface area contributed by atoms with Crippen molar-refractivity contribution in [1.82, 2.24) is 9.80 Å². The quantitative estimate of drug-likeness (QED) is 0.811.